The minimum absolute atomic E-state index is 0.151. The Hall–Kier alpha value is -2.98. The van der Waals surface area contributed by atoms with Crippen LogP contribution in [0.25, 0.3) is 16.3 Å². The lowest BCUT2D eigenvalue weighted by Crippen LogP contribution is -2.32. The van der Waals surface area contributed by atoms with Crippen LogP contribution < -0.4 is 5.73 Å². The van der Waals surface area contributed by atoms with Crippen molar-refractivity contribution in [2.75, 3.05) is 0 Å². The number of nitrogens with zero attached hydrogens (tertiary/aromatic N) is 2. The van der Waals surface area contributed by atoms with Gasteiger partial charge in [-0.2, -0.15) is 4.79 Å². The molecule has 0 aliphatic carbocycles. The van der Waals surface area contributed by atoms with E-state index in [2.05, 4.69) is 4.79 Å². The summed E-state index contributed by atoms with van der Waals surface area (Å²) >= 11 is 0. The van der Waals surface area contributed by atoms with Crippen LogP contribution in [0.15, 0.2) is 42.5 Å². The van der Waals surface area contributed by atoms with Crippen LogP contribution >= 0.6 is 0 Å². The Morgan fingerprint density at radius 3 is 2.62 bits per heavy atom. The fourth-order valence-electron chi connectivity index (χ4n) is 2.06. The summed E-state index contributed by atoms with van der Waals surface area (Å²) in [5.41, 5.74) is 14.2. The molecule has 0 heterocycles. The summed E-state index contributed by atoms with van der Waals surface area (Å²) in [5, 5.41) is 2.08. The Morgan fingerprint density at radius 1 is 1.24 bits per heavy atom. The van der Waals surface area contributed by atoms with Crippen LogP contribution in [0.1, 0.15) is 5.56 Å². The van der Waals surface area contributed by atoms with E-state index in [9.17, 15) is 9.59 Å². The monoisotopic (exact) mass is 283 g/mol. The first-order valence-electron chi connectivity index (χ1n) is 6.25. The zero-order valence-corrected chi connectivity index (χ0v) is 11.1. The summed E-state index contributed by atoms with van der Waals surface area (Å²) in [4.78, 5) is 25.2. The molecule has 106 valence electrons. The average Bonchev–Trinajstić information content (AvgIpc) is 2.46. The minimum atomic E-state index is -1.11. The molecular formula is C15H13N3O3. The summed E-state index contributed by atoms with van der Waals surface area (Å²) in [7, 11) is 0. The molecule has 1 atom stereocenters. The lowest BCUT2D eigenvalue weighted by molar-refractivity contribution is -0.123. The second kappa shape index (κ2) is 6.45. The van der Waals surface area contributed by atoms with Gasteiger partial charge in [-0.3, -0.25) is 4.79 Å². The van der Waals surface area contributed by atoms with Crippen molar-refractivity contribution >= 4 is 28.9 Å². The van der Waals surface area contributed by atoms with E-state index >= 15 is 0 Å². The largest absolute Gasteiger partial charge is 0.437 e. The predicted molar refractivity (Wildman–Crippen MR) is 76.8 cm³/mol. The maximum absolute atomic E-state index is 11.7. The van der Waals surface area contributed by atoms with Gasteiger partial charge < -0.3 is 16.0 Å². The first-order chi connectivity index (χ1) is 10.1. The SMILES string of the molecule is [N-]=[N+]=CC(=O)C(Cc1ccc2ccccc2c1)OC(N)=O. The van der Waals surface area contributed by atoms with Gasteiger partial charge in [0.2, 0.25) is 0 Å². The Labute approximate surface area is 120 Å². The van der Waals surface area contributed by atoms with E-state index in [0.717, 1.165) is 16.3 Å². The Morgan fingerprint density at radius 2 is 1.95 bits per heavy atom. The molecule has 1 unspecified atom stereocenters. The van der Waals surface area contributed by atoms with Gasteiger partial charge in [-0.15, -0.1) is 0 Å². The van der Waals surface area contributed by atoms with Crippen LogP contribution in [-0.4, -0.2) is 29.0 Å². The molecule has 6 nitrogen and oxygen atoms in total. The molecular weight excluding hydrogens is 270 g/mol. The van der Waals surface area contributed by atoms with Crippen molar-refractivity contribution < 1.29 is 19.1 Å². The second-order valence-electron chi connectivity index (χ2n) is 4.46. The molecule has 2 rings (SSSR count). The zero-order valence-electron chi connectivity index (χ0n) is 11.1. The highest BCUT2D eigenvalue weighted by atomic mass is 16.6. The van der Waals surface area contributed by atoms with Gasteiger partial charge in [0, 0.05) is 6.42 Å². The molecule has 0 aliphatic rings. The van der Waals surface area contributed by atoms with E-state index in [1.165, 1.54) is 0 Å². The molecule has 0 saturated heterocycles. The molecule has 1 amide bonds. The first kappa shape index (κ1) is 14.4. The van der Waals surface area contributed by atoms with Crippen LogP contribution in [0.4, 0.5) is 4.79 Å². The summed E-state index contributed by atoms with van der Waals surface area (Å²) in [6.45, 7) is 0. The van der Waals surface area contributed by atoms with E-state index in [1.807, 2.05) is 42.5 Å². The van der Waals surface area contributed by atoms with Gasteiger partial charge in [0.05, 0.1) is 0 Å². The number of rotatable bonds is 5. The van der Waals surface area contributed by atoms with Crippen molar-refractivity contribution in [3.8, 4) is 0 Å². The molecule has 0 aliphatic heterocycles. The molecule has 0 aromatic heterocycles. The Bertz CT molecular complexity index is 736. The second-order valence-corrected chi connectivity index (χ2v) is 4.46. The van der Waals surface area contributed by atoms with Crippen molar-refractivity contribution in [1.29, 1.82) is 0 Å². The molecule has 0 bridgehead atoms. The van der Waals surface area contributed by atoms with Crippen molar-refractivity contribution in [2.45, 2.75) is 12.5 Å². The van der Waals surface area contributed by atoms with Crippen molar-refractivity contribution in [1.82, 2.24) is 0 Å². The highest BCUT2D eigenvalue weighted by Gasteiger charge is 2.24. The molecule has 6 heteroatoms. The summed E-state index contributed by atoms with van der Waals surface area (Å²) in [6.07, 6.45) is -1.33. The number of hydrogen-bond acceptors (Lipinski definition) is 3. The topological polar surface area (TPSA) is 106 Å². The quantitative estimate of drug-likeness (QED) is 0.513. The highest BCUT2D eigenvalue weighted by molar-refractivity contribution is 6.27. The Balaban J connectivity index is 2.26. The van der Waals surface area contributed by atoms with E-state index in [0.29, 0.717) is 6.21 Å². The van der Waals surface area contributed by atoms with Crippen molar-refractivity contribution in [2.24, 2.45) is 5.73 Å². The molecule has 2 aromatic rings. The average molecular weight is 283 g/mol. The van der Waals surface area contributed by atoms with Crippen LogP contribution in [0, 0.1) is 0 Å². The molecule has 0 saturated carbocycles. The number of ether oxygens (including phenoxy) is 1. The van der Waals surface area contributed by atoms with Crippen LogP contribution in [-0.2, 0) is 16.0 Å². The predicted octanol–water partition coefficient (Wildman–Crippen LogP) is 1.72. The van der Waals surface area contributed by atoms with Crippen molar-refractivity contribution in [3.05, 3.63) is 53.6 Å². The maximum Gasteiger partial charge on any atom is 0.405 e. The molecule has 21 heavy (non-hydrogen) atoms. The van der Waals surface area contributed by atoms with Crippen molar-refractivity contribution in [3.63, 3.8) is 0 Å². The summed E-state index contributed by atoms with van der Waals surface area (Å²) in [6, 6.07) is 13.4. The molecule has 0 spiro atoms. The van der Waals surface area contributed by atoms with Crippen LogP contribution in [0.5, 0.6) is 0 Å². The summed E-state index contributed by atoms with van der Waals surface area (Å²) < 4.78 is 4.77. The third-order valence-corrected chi connectivity index (χ3v) is 3.00. The smallest absolute Gasteiger partial charge is 0.405 e. The van der Waals surface area contributed by atoms with Gasteiger partial charge in [-0.05, 0) is 16.3 Å². The lowest BCUT2D eigenvalue weighted by Gasteiger charge is -2.12. The number of benzene rings is 2. The normalized spacial score (nSPS) is 11.4. The first-order valence-corrected chi connectivity index (χ1v) is 6.25. The van der Waals surface area contributed by atoms with E-state index in [1.54, 1.807) is 0 Å². The molecule has 0 fully saturated rings. The highest BCUT2D eigenvalue weighted by Crippen LogP contribution is 2.17. The van der Waals surface area contributed by atoms with E-state index in [4.69, 9.17) is 16.0 Å². The fraction of sp³-hybridized carbons (Fsp3) is 0.133. The fourth-order valence-corrected chi connectivity index (χ4v) is 2.06. The third-order valence-electron chi connectivity index (χ3n) is 3.00. The number of fused-ring (bicyclic) bond motifs is 1. The lowest BCUT2D eigenvalue weighted by atomic mass is 10.0. The van der Waals surface area contributed by atoms with Crippen LogP contribution in [0.2, 0.25) is 0 Å². The number of hydrogen-bond donors (Lipinski definition) is 1. The Kier molecular flexibility index (Phi) is 4.43. The van der Waals surface area contributed by atoms with E-state index < -0.39 is 18.0 Å². The van der Waals surface area contributed by atoms with Gasteiger partial charge >= 0.3 is 12.3 Å². The number of ketones is 1. The molecule has 2 aromatic carbocycles. The zero-order chi connectivity index (χ0) is 15.2. The maximum atomic E-state index is 11.7. The number of nitrogens with two attached hydrogens (primary N) is 1. The number of primary amides is 1. The molecule has 2 N–H and O–H groups in total. The molecule has 0 radical (unpaired) electrons. The van der Waals surface area contributed by atoms with Gasteiger partial charge in [-0.25, -0.2) is 4.79 Å². The van der Waals surface area contributed by atoms with Gasteiger partial charge in [0.15, 0.2) is 6.10 Å². The van der Waals surface area contributed by atoms with Gasteiger partial charge in [0.25, 0.3) is 5.78 Å². The summed E-state index contributed by atoms with van der Waals surface area (Å²) in [5.74, 6) is -0.635. The van der Waals surface area contributed by atoms with Gasteiger partial charge in [0.1, 0.15) is 0 Å². The standard InChI is InChI=1S/C15H13N3O3/c16-15(20)21-14(13(19)9-18-17)8-10-5-6-11-3-1-2-4-12(11)7-10/h1-7,9,14H,8H2,(H2,16,20). The third kappa shape index (κ3) is 3.75. The number of amides is 1. The number of Topliss-reactive ketones (excluding diaryl/α,β-unsaturated/α-hetero) is 1. The number of carbonyl (C=O) groups excluding carboxylic acids is 2. The van der Waals surface area contributed by atoms with Gasteiger partial charge in [-0.1, -0.05) is 42.5 Å². The minimum Gasteiger partial charge on any atom is -0.437 e. The number of carbonyl (C=O) groups is 2. The van der Waals surface area contributed by atoms with E-state index in [-0.39, 0.29) is 6.42 Å². The van der Waals surface area contributed by atoms with Crippen LogP contribution in [0.3, 0.4) is 0 Å².